The summed E-state index contributed by atoms with van der Waals surface area (Å²) in [4.78, 5) is 22.8. The smallest absolute Gasteiger partial charge is 0.338 e. The van der Waals surface area contributed by atoms with Crippen LogP contribution in [0, 0.1) is 17.0 Å². The molecule has 0 N–H and O–H groups in total. The summed E-state index contributed by atoms with van der Waals surface area (Å²) in [6, 6.07) is 7.82. The van der Waals surface area contributed by atoms with E-state index in [9.17, 15) is 14.9 Å². The Balaban J connectivity index is 1.77. The third kappa shape index (κ3) is 3.58. The second kappa shape index (κ2) is 7.10. The summed E-state index contributed by atoms with van der Waals surface area (Å²) in [6.07, 6.45) is 0. The van der Waals surface area contributed by atoms with E-state index in [0.717, 1.165) is 4.47 Å². The molecule has 7 nitrogen and oxygen atoms in total. The van der Waals surface area contributed by atoms with Gasteiger partial charge >= 0.3 is 5.97 Å². The molecule has 8 heteroatoms. The fraction of sp³-hybridized carbons (Fsp3) is 0.235. The maximum Gasteiger partial charge on any atom is 0.338 e. The van der Waals surface area contributed by atoms with E-state index in [4.69, 9.17) is 14.2 Å². The highest BCUT2D eigenvalue weighted by molar-refractivity contribution is 9.10. The van der Waals surface area contributed by atoms with Crippen molar-refractivity contribution in [1.82, 2.24) is 0 Å². The minimum absolute atomic E-state index is 0.00180. The molecule has 0 amide bonds. The Morgan fingerprint density at radius 3 is 2.64 bits per heavy atom. The van der Waals surface area contributed by atoms with Gasteiger partial charge in [-0.1, -0.05) is 22.0 Å². The van der Waals surface area contributed by atoms with Crippen LogP contribution in [0.3, 0.4) is 0 Å². The number of carbonyl (C=O) groups is 1. The maximum absolute atomic E-state index is 12.3. The van der Waals surface area contributed by atoms with Crippen molar-refractivity contribution < 1.29 is 23.9 Å². The average Bonchev–Trinajstić information content (AvgIpc) is 2.59. The lowest BCUT2D eigenvalue weighted by atomic mass is 10.1. The molecule has 0 aromatic heterocycles. The van der Waals surface area contributed by atoms with Gasteiger partial charge in [0.25, 0.3) is 5.69 Å². The molecule has 1 aliphatic rings. The van der Waals surface area contributed by atoms with Crippen LogP contribution >= 0.6 is 15.9 Å². The van der Waals surface area contributed by atoms with Gasteiger partial charge in [-0.3, -0.25) is 10.1 Å². The molecule has 1 aliphatic heterocycles. The molecule has 0 saturated carbocycles. The Labute approximate surface area is 151 Å². The minimum atomic E-state index is -0.622. The fourth-order valence-electron chi connectivity index (χ4n) is 2.48. The van der Waals surface area contributed by atoms with E-state index >= 15 is 0 Å². The van der Waals surface area contributed by atoms with Gasteiger partial charge < -0.3 is 14.2 Å². The Bertz CT molecular complexity index is 851. The molecule has 0 spiro atoms. The van der Waals surface area contributed by atoms with Crippen molar-refractivity contribution in [2.45, 2.75) is 13.5 Å². The number of fused-ring (bicyclic) bond motifs is 1. The van der Waals surface area contributed by atoms with E-state index in [2.05, 4.69) is 15.9 Å². The Hall–Kier alpha value is -2.61. The van der Waals surface area contributed by atoms with Gasteiger partial charge in [-0.05, 0) is 25.1 Å². The van der Waals surface area contributed by atoms with Crippen LogP contribution in [0.5, 0.6) is 11.5 Å². The molecule has 25 heavy (non-hydrogen) atoms. The number of esters is 1. The lowest BCUT2D eigenvalue weighted by molar-refractivity contribution is -0.385. The molecule has 0 aliphatic carbocycles. The molecule has 0 unspecified atom stereocenters. The summed E-state index contributed by atoms with van der Waals surface area (Å²) in [6.45, 7) is 2.47. The minimum Gasteiger partial charge on any atom is -0.486 e. The topological polar surface area (TPSA) is 87.9 Å². The van der Waals surface area contributed by atoms with Gasteiger partial charge in [-0.2, -0.15) is 0 Å². The Morgan fingerprint density at radius 1 is 1.28 bits per heavy atom. The maximum atomic E-state index is 12.3. The predicted octanol–water partition coefficient (Wildman–Crippen LogP) is 3.79. The summed E-state index contributed by atoms with van der Waals surface area (Å²) < 4.78 is 17.0. The molecular formula is C17H14BrNO6. The van der Waals surface area contributed by atoms with Crippen molar-refractivity contribution in [3.63, 3.8) is 0 Å². The third-order valence-corrected chi connectivity index (χ3v) is 4.53. The zero-order chi connectivity index (χ0) is 18.0. The van der Waals surface area contributed by atoms with Crippen LogP contribution in [0.15, 0.2) is 34.8 Å². The largest absolute Gasteiger partial charge is 0.486 e. The van der Waals surface area contributed by atoms with Crippen LogP contribution in [0.4, 0.5) is 5.69 Å². The number of rotatable bonds is 4. The quantitative estimate of drug-likeness (QED) is 0.435. The lowest BCUT2D eigenvalue weighted by Gasteiger charge is -2.20. The van der Waals surface area contributed by atoms with Crippen molar-refractivity contribution in [3.05, 3.63) is 61.6 Å². The molecular weight excluding hydrogens is 394 g/mol. The van der Waals surface area contributed by atoms with Crippen LogP contribution in [-0.4, -0.2) is 24.1 Å². The Kier molecular flexibility index (Phi) is 4.89. The SMILES string of the molecule is Cc1c(C(=O)OCc2cc3c(cc2Br)OCCO3)cccc1[N+](=O)[O-]. The molecule has 3 rings (SSSR count). The first kappa shape index (κ1) is 17.2. The first-order valence-electron chi connectivity index (χ1n) is 7.46. The van der Waals surface area contributed by atoms with E-state index in [1.807, 2.05) is 0 Å². The standard InChI is InChI=1S/C17H14BrNO6/c1-10-12(3-2-4-14(10)19(21)22)17(20)25-9-11-7-15-16(8-13(11)18)24-6-5-23-15/h2-4,7-8H,5-6,9H2,1H3. The number of benzene rings is 2. The summed E-state index contributed by atoms with van der Waals surface area (Å²) in [5.41, 5.74) is 1.04. The van der Waals surface area contributed by atoms with Gasteiger partial charge in [0.05, 0.1) is 10.5 Å². The number of nitrogens with zero attached hydrogens (tertiary/aromatic N) is 1. The predicted molar refractivity (Wildman–Crippen MR) is 92.1 cm³/mol. The molecule has 2 aromatic carbocycles. The first-order valence-corrected chi connectivity index (χ1v) is 8.26. The summed E-state index contributed by atoms with van der Waals surface area (Å²) in [5.74, 6) is 0.595. The van der Waals surface area contributed by atoms with E-state index in [0.29, 0.717) is 30.3 Å². The zero-order valence-corrected chi connectivity index (χ0v) is 14.9. The van der Waals surface area contributed by atoms with Crippen molar-refractivity contribution >= 4 is 27.6 Å². The molecule has 2 aromatic rings. The van der Waals surface area contributed by atoms with Crippen LogP contribution in [0.25, 0.3) is 0 Å². The van der Waals surface area contributed by atoms with Gasteiger partial charge in [0.2, 0.25) is 0 Å². The normalized spacial score (nSPS) is 12.6. The van der Waals surface area contributed by atoms with Crippen molar-refractivity contribution in [2.75, 3.05) is 13.2 Å². The molecule has 0 atom stereocenters. The van der Waals surface area contributed by atoms with Gasteiger partial charge in [-0.25, -0.2) is 4.79 Å². The van der Waals surface area contributed by atoms with Gasteiger partial charge in [-0.15, -0.1) is 0 Å². The number of hydrogen-bond acceptors (Lipinski definition) is 6. The van der Waals surface area contributed by atoms with Crippen LogP contribution in [-0.2, 0) is 11.3 Å². The number of nitro benzene ring substituents is 1. The number of halogens is 1. The molecule has 0 fully saturated rings. The highest BCUT2D eigenvalue weighted by Gasteiger charge is 2.20. The summed E-state index contributed by atoms with van der Waals surface area (Å²) in [7, 11) is 0. The lowest BCUT2D eigenvalue weighted by Crippen LogP contribution is -2.16. The van der Waals surface area contributed by atoms with E-state index in [1.165, 1.54) is 25.1 Å². The number of nitro groups is 1. The summed E-state index contributed by atoms with van der Waals surface area (Å²) >= 11 is 3.41. The molecule has 0 saturated heterocycles. The van der Waals surface area contributed by atoms with Gasteiger partial charge in [0.15, 0.2) is 11.5 Å². The second-order valence-corrected chi connectivity index (χ2v) is 6.22. The highest BCUT2D eigenvalue weighted by Crippen LogP contribution is 2.36. The van der Waals surface area contributed by atoms with Crippen LogP contribution in [0.2, 0.25) is 0 Å². The average molecular weight is 408 g/mol. The van der Waals surface area contributed by atoms with E-state index < -0.39 is 10.9 Å². The van der Waals surface area contributed by atoms with E-state index in [-0.39, 0.29) is 23.4 Å². The van der Waals surface area contributed by atoms with Crippen molar-refractivity contribution in [3.8, 4) is 11.5 Å². The van der Waals surface area contributed by atoms with Crippen LogP contribution in [0.1, 0.15) is 21.5 Å². The third-order valence-electron chi connectivity index (χ3n) is 3.79. The van der Waals surface area contributed by atoms with Crippen LogP contribution < -0.4 is 9.47 Å². The van der Waals surface area contributed by atoms with Gasteiger partial charge in [0.1, 0.15) is 19.8 Å². The monoisotopic (exact) mass is 407 g/mol. The first-order chi connectivity index (χ1) is 12.0. The van der Waals surface area contributed by atoms with Crippen molar-refractivity contribution in [1.29, 1.82) is 0 Å². The molecule has 0 radical (unpaired) electrons. The molecule has 0 bridgehead atoms. The highest BCUT2D eigenvalue weighted by atomic mass is 79.9. The molecule has 130 valence electrons. The molecule has 1 heterocycles. The second-order valence-electron chi connectivity index (χ2n) is 5.37. The Morgan fingerprint density at radius 2 is 1.96 bits per heavy atom. The van der Waals surface area contributed by atoms with Gasteiger partial charge in [0, 0.05) is 21.7 Å². The van der Waals surface area contributed by atoms with E-state index in [1.54, 1.807) is 12.1 Å². The number of hydrogen-bond donors (Lipinski definition) is 0. The fourth-order valence-corrected chi connectivity index (χ4v) is 2.92. The zero-order valence-electron chi connectivity index (χ0n) is 13.3. The summed E-state index contributed by atoms with van der Waals surface area (Å²) in [5, 5.41) is 11.0. The number of ether oxygens (including phenoxy) is 3. The number of carbonyl (C=O) groups excluding carboxylic acids is 1. The van der Waals surface area contributed by atoms with Crippen molar-refractivity contribution in [2.24, 2.45) is 0 Å².